The van der Waals surface area contributed by atoms with Crippen LogP contribution in [0.2, 0.25) is 0 Å². The zero-order chi connectivity index (χ0) is 25.8. The second-order valence-corrected chi connectivity index (χ2v) is 10.2. The Morgan fingerprint density at radius 2 is 1.97 bits per heavy atom. The molecule has 1 amide bonds. The molecule has 1 saturated heterocycles. The molecular formula is C23H22N10O3S. The van der Waals surface area contributed by atoms with Crippen molar-refractivity contribution in [2.45, 2.75) is 26.1 Å². The first-order valence-corrected chi connectivity index (χ1v) is 12.6. The fraction of sp³-hybridized carbons (Fsp3) is 0.391. The fourth-order valence-corrected chi connectivity index (χ4v) is 5.48. The number of aromatic nitrogens is 7. The van der Waals surface area contributed by atoms with E-state index in [4.69, 9.17) is 6.57 Å². The predicted molar refractivity (Wildman–Crippen MR) is 136 cm³/mol. The summed E-state index contributed by atoms with van der Waals surface area (Å²) in [4.78, 5) is 61.4. The van der Waals surface area contributed by atoms with E-state index in [1.54, 1.807) is 24.7 Å². The number of aryl methyl sites for hydroxylation is 1. The molecule has 37 heavy (non-hydrogen) atoms. The summed E-state index contributed by atoms with van der Waals surface area (Å²) in [6, 6.07) is -0.837. The minimum absolute atomic E-state index is 0.0694. The van der Waals surface area contributed by atoms with E-state index in [0.29, 0.717) is 10.8 Å². The first kappa shape index (κ1) is 23.0. The lowest BCUT2D eigenvalue weighted by atomic mass is 10.3. The number of thiazole rings is 1. The van der Waals surface area contributed by atoms with Crippen LogP contribution in [-0.2, 0) is 18.5 Å². The monoisotopic (exact) mass is 518 g/mol. The van der Waals surface area contributed by atoms with Crippen LogP contribution in [0.3, 0.4) is 0 Å². The molecular weight excluding hydrogens is 496 g/mol. The highest BCUT2D eigenvalue weighted by molar-refractivity contribution is 7.13. The maximum Gasteiger partial charge on any atom is 0.338 e. The second-order valence-electron chi connectivity index (χ2n) is 9.33. The van der Waals surface area contributed by atoms with Crippen molar-refractivity contribution in [3.63, 3.8) is 0 Å². The molecule has 0 bridgehead atoms. The molecule has 4 aromatic rings. The topological polar surface area (TPSA) is 137 Å². The number of nitrogens with zero attached hydrogens (tertiary/aromatic N) is 9. The van der Waals surface area contributed by atoms with Crippen molar-refractivity contribution >= 4 is 40.2 Å². The summed E-state index contributed by atoms with van der Waals surface area (Å²) in [5.41, 5.74) is -0.341. The van der Waals surface area contributed by atoms with Crippen molar-refractivity contribution in [1.29, 1.82) is 0 Å². The van der Waals surface area contributed by atoms with Gasteiger partial charge in [0, 0.05) is 43.5 Å². The molecule has 0 radical (unpaired) electrons. The molecule has 2 unspecified atom stereocenters. The Kier molecular flexibility index (Phi) is 5.37. The predicted octanol–water partition coefficient (Wildman–Crippen LogP) is 1.34. The maximum absolute atomic E-state index is 13.0. The van der Waals surface area contributed by atoms with E-state index in [1.807, 2.05) is 0 Å². The third-order valence-electron chi connectivity index (χ3n) is 6.97. The van der Waals surface area contributed by atoms with Gasteiger partial charge in [-0.2, -0.15) is 4.57 Å². The molecule has 1 aliphatic heterocycles. The molecule has 1 saturated carbocycles. The van der Waals surface area contributed by atoms with Crippen molar-refractivity contribution in [2.24, 2.45) is 18.9 Å². The molecule has 3 atom stereocenters. The highest BCUT2D eigenvalue weighted by Crippen LogP contribution is 2.45. The van der Waals surface area contributed by atoms with E-state index in [2.05, 4.69) is 35.0 Å². The number of piperidine rings is 1. The molecule has 0 aromatic carbocycles. The number of amides is 1. The van der Waals surface area contributed by atoms with Crippen molar-refractivity contribution in [3.8, 4) is 10.6 Å². The molecule has 14 heteroatoms. The lowest BCUT2D eigenvalue weighted by Gasteiger charge is -2.17. The molecule has 5 heterocycles. The molecule has 0 spiro atoms. The van der Waals surface area contributed by atoms with Crippen LogP contribution in [0.4, 0.5) is 11.8 Å². The molecule has 188 valence electrons. The number of carbonyl (C=O) groups excluding carboxylic acids is 1. The van der Waals surface area contributed by atoms with E-state index >= 15 is 0 Å². The van der Waals surface area contributed by atoms with Crippen LogP contribution in [-0.4, -0.2) is 52.6 Å². The third-order valence-corrected chi connectivity index (χ3v) is 7.86. The van der Waals surface area contributed by atoms with Gasteiger partial charge in [-0.1, -0.05) is 0 Å². The van der Waals surface area contributed by atoms with Gasteiger partial charge >= 0.3 is 5.69 Å². The number of fused-ring (bicyclic) bond motifs is 2. The number of nitrogens with one attached hydrogen (secondary N) is 1. The smallest absolute Gasteiger partial charge is 0.338 e. The number of anilines is 2. The summed E-state index contributed by atoms with van der Waals surface area (Å²) in [5, 5.41) is 5.17. The van der Waals surface area contributed by atoms with Gasteiger partial charge in [-0.3, -0.25) is 19.0 Å². The van der Waals surface area contributed by atoms with Crippen molar-refractivity contribution in [1.82, 2.24) is 33.6 Å². The first-order valence-electron chi connectivity index (χ1n) is 11.7. The van der Waals surface area contributed by atoms with Gasteiger partial charge in [-0.05, 0) is 25.2 Å². The van der Waals surface area contributed by atoms with Crippen LogP contribution < -0.4 is 21.5 Å². The van der Waals surface area contributed by atoms with Crippen molar-refractivity contribution in [3.05, 3.63) is 56.4 Å². The Hall–Kier alpha value is -4.38. The molecule has 6 rings (SSSR count). The fourth-order valence-electron chi connectivity index (χ4n) is 4.76. The van der Waals surface area contributed by atoms with Crippen LogP contribution in [0, 0.1) is 18.4 Å². The molecule has 2 aliphatic rings. The van der Waals surface area contributed by atoms with Crippen LogP contribution in [0.5, 0.6) is 0 Å². The zero-order valence-electron chi connectivity index (χ0n) is 20.0. The molecule has 4 aromatic heterocycles. The summed E-state index contributed by atoms with van der Waals surface area (Å²) in [6.45, 7) is 10.3. The van der Waals surface area contributed by atoms with Crippen molar-refractivity contribution in [2.75, 3.05) is 23.3 Å². The van der Waals surface area contributed by atoms with E-state index in [1.165, 1.54) is 40.3 Å². The summed E-state index contributed by atoms with van der Waals surface area (Å²) < 4.78 is 3.41. The average molecular weight is 519 g/mol. The van der Waals surface area contributed by atoms with Crippen LogP contribution in [0.1, 0.15) is 19.4 Å². The van der Waals surface area contributed by atoms with Gasteiger partial charge in [-0.25, -0.2) is 31.3 Å². The van der Waals surface area contributed by atoms with E-state index in [0.717, 1.165) is 41.0 Å². The molecule has 2 fully saturated rings. The van der Waals surface area contributed by atoms with Gasteiger partial charge in [0.1, 0.15) is 16.9 Å². The van der Waals surface area contributed by atoms with Gasteiger partial charge in [0.2, 0.25) is 11.9 Å². The molecule has 1 aliphatic carbocycles. The molecule has 1 N–H and O–H groups in total. The summed E-state index contributed by atoms with van der Waals surface area (Å²) >= 11 is 1.36. The highest BCUT2D eigenvalue weighted by atomic mass is 32.1. The van der Waals surface area contributed by atoms with Crippen molar-refractivity contribution < 1.29 is 4.79 Å². The Labute approximate surface area is 213 Å². The van der Waals surface area contributed by atoms with Gasteiger partial charge in [0.15, 0.2) is 11.2 Å². The minimum atomic E-state index is -0.837. The lowest BCUT2D eigenvalue weighted by molar-refractivity contribution is -0.118. The van der Waals surface area contributed by atoms with Gasteiger partial charge in [0.25, 0.3) is 12.2 Å². The Balaban J connectivity index is 1.20. The normalized spacial score (nSPS) is 19.0. The first-order chi connectivity index (χ1) is 17.9. The lowest BCUT2D eigenvalue weighted by Crippen LogP contribution is -2.39. The Morgan fingerprint density at radius 3 is 2.68 bits per heavy atom. The standard InChI is InChI=1S/C23H22N10O3S/c1-12(32-11-27-18-17(32)21(35)33(10-24-2)23(36)30(18)3)19(34)28-16-9-37-20(29-16)15-5-25-22(26-6-15)31-7-13-4-14(13)8-31/h5-6,9,11-14H,4,7-8,10H2,1,3H3,(H,28,34)/t12-,13?,14?/m0/s1. The third kappa shape index (κ3) is 3.87. The number of imidazole rings is 1. The Bertz CT molecular complexity index is 1680. The number of hydrogen-bond acceptors (Lipinski definition) is 9. The number of hydrogen-bond donors (Lipinski definition) is 1. The van der Waals surface area contributed by atoms with Crippen LogP contribution in [0.25, 0.3) is 26.6 Å². The van der Waals surface area contributed by atoms with Crippen LogP contribution in [0.15, 0.2) is 33.7 Å². The average Bonchev–Trinajstić information content (AvgIpc) is 3.30. The van der Waals surface area contributed by atoms with Gasteiger partial charge in [0.05, 0.1) is 6.33 Å². The SMILES string of the molecule is [C-]#[N+]Cn1c(=O)c2c(ncn2[C@@H](C)C(=O)Nc2csc(-c3cnc(N4CC5CC5C4)nc3)n2)n(C)c1=O. The van der Waals surface area contributed by atoms with E-state index in [-0.39, 0.29) is 11.2 Å². The molecule has 13 nitrogen and oxygen atoms in total. The van der Waals surface area contributed by atoms with E-state index < -0.39 is 29.9 Å². The second kappa shape index (κ2) is 8.63. The Morgan fingerprint density at radius 1 is 1.24 bits per heavy atom. The van der Waals surface area contributed by atoms with Gasteiger partial charge in [-0.15, -0.1) is 11.3 Å². The number of rotatable bonds is 6. The summed E-state index contributed by atoms with van der Waals surface area (Å²) in [7, 11) is 1.47. The largest absolute Gasteiger partial charge is 0.340 e. The van der Waals surface area contributed by atoms with Gasteiger partial charge < -0.3 is 14.8 Å². The number of carbonyl (C=O) groups is 1. The zero-order valence-corrected chi connectivity index (χ0v) is 20.8. The van der Waals surface area contributed by atoms with E-state index in [9.17, 15) is 14.4 Å². The summed E-state index contributed by atoms with van der Waals surface area (Å²) in [6.07, 6.45) is 6.15. The van der Waals surface area contributed by atoms with Crippen LogP contribution >= 0.6 is 11.3 Å². The quantitative estimate of drug-likeness (QED) is 0.378. The summed E-state index contributed by atoms with van der Waals surface area (Å²) in [5.74, 6) is 2.27. The minimum Gasteiger partial charge on any atom is -0.340 e. The highest BCUT2D eigenvalue weighted by Gasteiger charge is 2.45. The maximum atomic E-state index is 13.0.